The molecule has 1 aliphatic heterocycles. The molecule has 20 heteroatoms. The Morgan fingerprint density at radius 1 is 0.736 bits per heavy atom. The number of urea groups is 1. The number of hydrogen-bond donors (Lipinski definition) is 5. The Bertz CT molecular complexity index is 3810. The molecule has 3 heterocycles. The predicted octanol–water partition coefficient (Wildman–Crippen LogP) is 7.04. The van der Waals surface area contributed by atoms with Crippen molar-refractivity contribution in [1.82, 2.24) is 24.9 Å². The molecular weight excluding hydrogens is 1110 g/mol. The number of Topliss-reactive ketones (excluding diaryl/α,β-unsaturated/α-hetero) is 1. The minimum Gasteiger partial charge on any atom is -0.398 e. The van der Waals surface area contributed by atoms with Crippen LogP contribution in [0.5, 0.6) is 0 Å². The first-order valence-corrected chi connectivity index (χ1v) is 29.3. The molecular formula is C67H74N9O11+. The number of imide groups is 1. The molecule has 87 heavy (non-hydrogen) atoms. The first kappa shape index (κ1) is 62.2. The van der Waals surface area contributed by atoms with Gasteiger partial charge in [-0.15, -0.1) is 0 Å². The number of nitrogens with zero attached hydrogens (tertiary/aromatic N) is 4. The van der Waals surface area contributed by atoms with Crippen LogP contribution >= 0.6 is 0 Å². The summed E-state index contributed by atoms with van der Waals surface area (Å²) in [6.45, 7) is 9.82. The second kappa shape index (κ2) is 28.2. The summed E-state index contributed by atoms with van der Waals surface area (Å²) in [6.07, 6.45) is 0.957. The van der Waals surface area contributed by atoms with Gasteiger partial charge in [-0.05, 0) is 85.3 Å². The zero-order valence-electron chi connectivity index (χ0n) is 49.7. The second-order valence-electron chi connectivity index (χ2n) is 22.2. The number of para-hydroxylation sites is 1. The van der Waals surface area contributed by atoms with E-state index in [9.17, 15) is 38.4 Å². The van der Waals surface area contributed by atoms with Crippen LogP contribution < -0.4 is 37.5 Å². The molecule has 20 nitrogen and oxygen atoms in total. The number of benzene rings is 5. The summed E-state index contributed by atoms with van der Waals surface area (Å²) < 4.78 is 22.0. The van der Waals surface area contributed by atoms with Gasteiger partial charge in [0, 0.05) is 102 Å². The zero-order valence-corrected chi connectivity index (χ0v) is 49.7. The Hall–Kier alpha value is -9.37. The van der Waals surface area contributed by atoms with Crippen molar-refractivity contribution in [3.05, 3.63) is 177 Å². The number of likely N-dealkylation sites (tertiary alicyclic amines) is 1. The molecule has 6 amide bonds. The molecule has 9 rings (SSSR count). The van der Waals surface area contributed by atoms with E-state index in [4.69, 9.17) is 25.7 Å². The summed E-state index contributed by atoms with van der Waals surface area (Å²) in [6, 6.07) is 38.2. The lowest BCUT2D eigenvalue weighted by Gasteiger charge is -2.24. The first-order valence-electron chi connectivity index (χ1n) is 29.3. The standard InChI is InChI=1S/C67H73N9O11/c1-41(2)60(72-56(78)28-31-85-33-35-87-36-34-86-32-30-74-64(81)52-39-53(52)65(74)82)55(77)38-48(15-12-29-70-67(69)84)63(80)71-49-24-20-44(21-25-49)40-75-43(4)19-22-46-37-47(23-27-54(46)75)57-42(3)18-26-51(59(57)68)62(79)58-61(45-13-8-6-9-14-45)73(5)76(66(58)83)50-16-10-7-11-17-50/h6-11,13-14,16-27,37,41,48,60H,12,15,28-36,38-40H2,1-5H3,(H6-,68,69,70,71,72,78,79,80,84)/p+1/t48-,60+/m1/s1. The van der Waals surface area contributed by atoms with Gasteiger partial charge in [0.25, 0.3) is 17.4 Å². The van der Waals surface area contributed by atoms with Crippen molar-refractivity contribution in [2.45, 2.75) is 72.4 Å². The number of nitrogen functional groups attached to an aromatic ring is 1. The highest BCUT2D eigenvalue weighted by atomic mass is 16.5. The summed E-state index contributed by atoms with van der Waals surface area (Å²) in [5.41, 5.74) is 21.2. The molecule has 2 aromatic heterocycles. The molecule has 0 saturated carbocycles. The van der Waals surface area contributed by atoms with Crippen LogP contribution in [0, 0.1) is 25.7 Å². The highest BCUT2D eigenvalue weighted by Crippen LogP contribution is 2.40. The minimum absolute atomic E-state index is 0.00564. The average molecular weight is 1180 g/mol. The third-order valence-corrected chi connectivity index (χ3v) is 15.8. The molecule has 0 spiro atoms. The highest BCUT2D eigenvalue weighted by Gasteiger charge is 2.47. The van der Waals surface area contributed by atoms with Crippen LogP contribution in [0.4, 0.5) is 16.2 Å². The predicted molar refractivity (Wildman–Crippen MR) is 330 cm³/mol. The SMILES string of the molecule is Cc1ccc(C(=O)c2c(-c3ccccc3)n(C)n(-c3ccccc3)c2=O)c(N)c1-c1ccc2c(ccc(C)[n+]2Cc2ccc(NC(=O)[C@H](CCCNC(N)=O)CC(=O)[C@@H](NC(=O)CCOCCOCCOCCN3C(=O)C4=C(C4)C3=O)C(C)C)cc2)c1. The topological polar surface area (TPSA) is 269 Å². The molecule has 1 aliphatic carbocycles. The van der Waals surface area contributed by atoms with Crippen molar-refractivity contribution in [2.24, 2.45) is 24.6 Å². The quantitative estimate of drug-likeness (QED) is 0.00998. The number of aromatic nitrogens is 3. The van der Waals surface area contributed by atoms with Crippen LogP contribution in [0.1, 0.15) is 78.7 Å². The maximum atomic E-state index is 14.8. The Morgan fingerprint density at radius 2 is 1.39 bits per heavy atom. The maximum Gasteiger partial charge on any atom is 0.312 e. The number of fused-ring (bicyclic) bond motifs is 1. The summed E-state index contributed by atoms with van der Waals surface area (Å²) in [5.74, 6) is -3.10. The lowest BCUT2D eigenvalue weighted by molar-refractivity contribution is -0.668. The van der Waals surface area contributed by atoms with Crippen molar-refractivity contribution in [1.29, 1.82) is 0 Å². The fourth-order valence-electron chi connectivity index (χ4n) is 11.1. The minimum atomic E-state index is -0.868. The smallest absolute Gasteiger partial charge is 0.312 e. The number of rotatable bonds is 30. The average Bonchev–Trinajstić information content (AvgIpc) is 1.71. The van der Waals surface area contributed by atoms with Gasteiger partial charge in [0.2, 0.25) is 23.1 Å². The Morgan fingerprint density at radius 3 is 2.06 bits per heavy atom. The number of carbonyl (C=O) groups excluding carboxylic acids is 7. The molecule has 2 aliphatic rings. The summed E-state index contributed by atoms with van der Waals surface area (Å²) >= 11 is 0. The van der Waals surface area contributed by atoms with Gasteiger partial charge in [0.1, 0.15) is 5.56 Å². The lowest BCUT2D eigenvalue weighted by atomic mass is 9.89. The molecule has 5 aromatic carbocycles. The van der Waals surface area contributed by atoms with Crippen molar-refractivity contribution in [3.63, 3.8) is 0 Å². The van der Waals surface area contributed by atoms with Crippen LogP contribution in [0.25, 0.3) is 39.0 Å². The van der Waals surface area contributed by atoms with E-state index >= 15 is 0 Å². The second-order valence-corrected chi connectivity index (χ2v) is 22.2. The number of hydrogen-bond acceptors (Lipinski definition) is 12. The number of anilines is 2. The van der Waals surface area contributed by atoms with E-state index in [1.165, 1.54) is 9.58 Å². The summed E-state index contributed by atoms with van der Waals surface area (Å²) in [7, 11) is 1.77. The van der Waals surface area contributed by atoms with E-state index in [0.717, 1.165) is 33.3 Å². The number of amides is 6. The third-order valence-electron chi connectivity index (χ3n) is 15.8. The molecule has 0 saturated heterocycles. The zero-order chi connectivity index (χ0) is 61.9. The molecule has 0 unspecified atom stereocenters. The van der Waals surface area contributed by atoms with Crippen LogP contribution in [-0.4, -0.2) is 114 Å². The Labute approximate surface area is 504 Å². The van der Waals surface area contributed by atoms with E-state index in [0.29, 0.717) is 58.7 Å². The van der Waals surface area contributed by atoms with E-state index in [2.05, 4.69) is 20.5 Å². The van der Waals surface area contributed by atoms with Gasteiger partial charge in [0.05, 0.1) is 69.3 Å². The molecule has 0 fully saturated rings. The van der Waals surface area contributed by atoms with Crippen molar-refractivity contribution < 1.29 is 52.3 Å². The maximum absolute atomic E-state index is 14.8. The van der Waals surface area contributed by atoms with Gasteiger partial charge >= 0.3 is 6.03 Å². The van der Waals surface area contributed by atoms with Gasteiger partial charge in [-0.25, -0.2) is 9.48 Å². The number of aryl methyl sites for hydroxylation is 2. The number of nitrogens with one attached hydrogen (secondary N) is 3. The largest absolute Gasteiger partial charge is 0.398 e. The van der Waals surface area contributed by atoms with E-state index in [-0.39, 0.29) is 124 Å². The Balaban J connectivity index is 0.809. The van der Waals surface area contributed by atoms with Crippen molar-refractivity contribution in [3.8, 4) is 28.1 Å². The van der Waals surface area contributed by atoms with Crippen LogP contribution in [0.3, 0.4) is 0 Å². The van der Waals surface area contributed by atoms with E-state index < -0.39 is 29.3 Å². The lowest BCUT2D eigenvalue weighted by Crippen LogP contribution is -2.45. The molecule has 0 bridgehead atoms. The molecule has 7 aromatic rings. The van der Waals surface area contributed by atoms with Gasteiger partial charge in [-0.2, -0.15) is 4.57 Å². The van der Waals surface area contributed by atoms with Crippen LogP contribution in [-0.2, 0) is 51.8 Å². The van der Waals surface area contributed by atoms with Gasteiger partial charge < -0.3 is 41.6 Å². The van der Waals surface area contributed by atoms with Crippen molar-refractivity contribution >= 4 is 63.5 Å². The number of piperidine rings is 1. The number of nitrogens with two attached hydrogens (primary N) is 2. The van der Waals surface area contributed by atoms with Gasteiger partial charge in [-0.1, -0.05) is 80.6 Å². The third kappa shape index (κ3) is 14.7. The van der Waals surface area contributed by atoms with Crippen LogP contribution in [0.15, 0.2) is 143 Å². The normalized spacial score (nSPS) is 13.5. The number of ketones is 2. The fraction of sp³-hybridized carbons (Fsp3) is 0.328. The number of primary amides is 1. The van der Waals surface area contributed by atoms with Gasteiger partial charge in [0.15, 0.2) is 18.0 Å². The molecule has 452 valence electrons. The monoisotopic (exact) mass is 1180 g/mol. The first-order chi connectivity index (χ1) is 41.9. The Kier molecular flexibility index (Phi) is 20.2. The van der Waals surface area contributed by atoms with E-state index in [1.807, 2.05) is 149 Å². The number of pyridine rings is 1. The molecule has 0 radical (unpaired) electrons. The molecule has 2 atom stereocenters. The summed E-state index contributed by atoms with van der Waals surface area (Å²) in [4.78, 5) is 107. The molecule has 7 N–H and O–H groups in total. The fourth-order valence-corrected chi connectivity index (χ4v) is 11.1. The van der Waals surface area contributed by atoms with Crippen molar-refractivity contribution in [2.75, 3.05) is 63.8 Å². The number of ether oxygens (including phenoxy) is 3. The highest BCUT2D eigenvalue weighted by molar-refractivity contribution is 6.25. The van der Waals surface area contributed by atoms with E-state index in [1.54, 1.807) is 17.8 Å². The van der Waals surface area contributed by atoms with Crippen LogP contribution in [0.2, 0.25) is 0 Å². The van der Waals surface area contributed by atoms with Gasteiger partial charge in [-0.3, -0.25) is 43.1 Å². The summed E-state index contributed by atoms with van der Waals surface area (Å²) in [5, 5.41) is 9.29. The number of carbonyl (C=O) groups is 7.